The maximum Gasteiger partial charge on any atom is 0.242 e. The molecule has 0 radical (unpaired) electrons. The van der Waals surface area contributed by atoms with E-state index < -0.39 is 33.6 Å². The Kier molecular flexibility index (Phi) is 5.68. The van der Waals surface area contributed by atoms with Gasteiger partial charge in [0.05, 0.1) is 16.6 Å². The lowest BCUT2D eigenvalue weighted by atomic mass is 10.2. The van der Waals surface area contributed by atoms with Crippen molar-refractivity contribution >= 4 is 37.5 Å². The summed E-state index contributed by atoms with van der Waals surface area (Å²) >= 11 is 3.19. The number of halogens is 3. The Bertz CT molecular complexity index is 858. The van der Waals surface area contributed by atoms with Crippen molar-refractivity contribution in [2.45, 2.75) is 17.9 Å². The van der Waals surface area contributed by atoms with Crippen molar-refractivity contribution < 1.29 is 22.0 Å². The summed E-state index contributed by atoms with van der Waals surface area (Å²) in [5.41, 5.74) is -0.240. The lowest BCUT2D eigenvalue weighted by Crippen LogP contribution is -2.41. The number of anilines is 1. The average Bonchev–Trinajstić information content (AvgIpc) is 2.50. The van der Waals surface area contributed by atoms with Crippen LogP contribution in [0.25, 0.3) is 0 Å². The fourth-order valence-electron chi connectivity index (χ4n) is 1.80. The number of benzene rings is 2. The number of carbonyl (C=O) groups excluding carboxylic acids is 1. The summed E-state index contributed by atoms with van der Waals surface area (Å²) in [6, 6.07) is 7.33. The Morgan fingerprint density at radius 1 is 1.12 bits per heavy atom. The van der Waals surface area contributed by atoms with Crippen molar-refractivity contribution in [3.8, 4) is 0 Å². The second kappa shape index (κ2) is 7.37. The average molecular weight is 419 g/mol. The van der Waals surface area contributed by atoms with Crippen LogP contribution < -0.4 is 10.0 Å². The van der Waals surface area contributed by atoms with Gasteiger partial charge in [-0.15, -0.1) is 0 Å². The molecule has 1 atom stereocenters. The maximum absolute atomic E-state index is 13.5. The van der Waals surface area contributed by atoms with Crippen LogP contribution in [0.1, 0.15) is 6.92 Å². The molecular weight excluding hydrogens is 406 g/mol. The van der Waals surface area contributed by atoms with E-state index in [4.69, 9.17) is 0 Å². The molecule has 0 saturated heterocycles. The first kappa shape index (κ1) is 18.5. The van der Waals surface area contributed by atoms with E-state index in [9.17, 15) is 22.0 Å². The molecule has 2 N–H and O–H groups in total. The molecule has 0 aliphatic carbocycles. The van der Waals surface area contributed by atoms with Crippen LogP contribution in [-0.4, -0.2) is 20.4 Å². The third-order valence-electron chi connectivity index (χ3n) is 3.04. The zero-order chi connectivity index (χ0) is 17.9. The molecule has 2 aromatic carbocycles. The molecule has 0 bridgehead atoms. The fraction of sp³-hybridized carbons (Fsp3) is 0.133. The molecule has 128 valence electrons. The van der Waals surface area contributed by atoms with Gasteiger partial charge in [-0.05, 0) is 43.3 Å². The van der Waals surface area contributed by atoms with Gasteiger partial charge in [0.2, 0.25) is 15.9 Å². The van der Waals surface area contributed by atoms with Crippen molar-refractivity contribution in [1.29, 1.82) is 0 Å². The highest BCUT2D eigenvalue weighted by Crippen LogP contribution is 2.17. The van der Waals surface area contributed by atoms with Gasteiger partial charge in [-0.25, -0.2) is 17.2 Å². The smallest absolute Gasteiger partial charge is 0.242 e. The quantitative estimate of drug-likeness (QED) is 0.783. The lowest BCUT2D eigenvalue weighted by molar-refractivity contribution is -0.117. The molecule has 2 rings (SSSR count). The molecule has 9 heteroatoms. The summed E-state index contributed by atoms with van der Waals surface area (Å²) in [6.45, 7) is 1.31. The molecule has 5 nitrogen and oxygen atoms in total. The van der Waals surface area contributed by atoms with E-state index in [2.05, 4.69) is 26.0 Å². The van der Waals surface area contributed by atoms with E-state index in [1.807, 2.05) is 0 Å². The third kappa shape index (κ3) is 4.59. The Morgan fingerprint density at radius 3 is 2.33 bits per heavy atom. The minimum atomic E-state index is -3.92. The van der Waals surface area contributed by atoms with Gasteiger partial charge in [0.25, 0.3) is 0 Å². The van der Waals surface area contributed by atoms with E-state index in [0.29, 0.717) is 10.5 Å². The van der Waals surface area contributed by atoms with Gasteiger partial charge in [0.1, 0.15) is 11.6 Å². The highest BCUT2D eigenvalue weighted by Gasteiger charge is 2.22. The normalized spacial score (nSPS) is 12.7. The molecule has 0 aromatic heterocycles. The minimum Gasteiger partial charge on any atom is -0.322 e. The summed E-state index contributed by atoms with van der Waals surface area (Å²) in [5.74, 6) is -2.51. The molecule has 0 spiro atoms. The summed E-state index contributed by atoms with van der Waals surface area (Å²) < 4.78 is 53.6. The van der Waals surface area contributed by atoms with Crippen molar-refractivity contribution in [3.05, 3.63) is 58.6 Å². The topological polar surface area (TPSA) is 75.3 Å². The van der Waals surface area contributed by atoms with E-state index in [1.165, 1.54) is 19.1 Å². The lowest BCUT2D eigenvalue weighted by Gasteiger charge is -2.15. The first-order valence-electron chi connectivity index (χ1n) is 6.73. The first-order valence-corrected chi connectivity index (χ1v) is 9.00. The van der Waals surface area contributed by atoms with Gasteiger partial charge in [-0.1, -0.05) is 15.9 Å². The second-order valence-electron chi connectivity index (χ2n) is 4.91. The predicted molar refractivity (Wildman–Crippen MR) is 88.9 cm³/mol. The number of sulfonamides is 1. The van der Waals surface area contributed by atoms with Crippen LogP contribution in [0, 0.1) is 11.6 Å². The van der Waals surface area contributed by atoms with Crippen molar-refractivity contribution in [1.82, 2.24) is 4.72 Å². The summed E-state index contributed by atoms with van der Waals surface area (Å²) in [4.78, 5) is 12.0. The van der Waals surface area contributed by atoms with Crippen molar-refractivity contribution in [3.63, 3.8) is 0 Å². The molecule has 0 aliphatic heterocycles. The molecule has 0 aliphatic rings. The molecular formula is C15H13BrF2N2O3S. The van der Waals surface area contributed by atoms with Gasteiger partial charge in [0.15, 0.2) is 0 Å². The van der Waals surface area contributed by atoms with E-state index >= 15 is 0 Å². The summed E-state index contributed by atoms with van der Waals surface area (Å²) in [6.07, 6.45) is 0. The second-order valence-corrected chi connectivity index (χ2v) is 7.54. The molecule has 0 heterocycles. The number of rotatable bonds is 5. The largest absolute Gasteiger partial charge is 0.322 e. The Hall–Kier alpha value is -1.84. The summed E-state index contributed by atoms with van der Waals surface area (Å²) in [7, 11) is -3.92. The first-order chi connectivity index (χ1) is 11.2. The SMILES string of the molecule is CC(NS(=O)(=O)c1ccc(Br)cc1)C(=O)Nc1ccc(F)cc1F. The number of nitrogens with one attached hydrogen (secondary N) is 2. The van der Waals surface area contributed by atoms with Crippen LogP contribution in [0.5, 0.6) is 0 Å². The van der Waals surface area contributed by atoms with Crippen molar-refractivity contribution in [2.75, 3.05) is 5.32 Å². The monoisotopic (exact) mass is 418 g/mol. The number of hydrogen-bond acceptors (Lipinski definition) is 3. The number of carbonyl (C=O) groups is 1. The van der Waals surface area contributed by atoms with Gasteiger partial charge >= 0.3 is 0 Å². The standard InChI is InChI=1S/C15H13BrF2N2O3S/c1-9(15(21)19-14-7-4-11(17)8-13(14)18)20-24(22,23)12-5-2-10(16)3-6-12/h2-9,20H,1H3,(H,19,21). The van der Waals surface area contributed by atoms with E-state index in [0.717, 1.165) is 12.1 Å². The molecule has 2 aromatic rings. The van der Waals surface area contributed by atoms with Crippen LogP contribution in [-0.2, 0) is 14.8 Å². The maximum atomic E-state index is 13.5. The van der Waals surface area contributed by atoms with Gasteiger partial charge in [-0.3, -0.25) is 4.79 Å². The molecule has 0 saturated carbocycles. The Balaban J connectivity index is 2.09. The highest BCUT2D eigenvalue weighted by molar-refractivity contribution is 9.10. The van der Waals surface area contributed by atoms with Crippen LogP contribution in [0.2, 0.25) is 0 Å². The molecule has 24 heavy (non-hydrogen) atoms. The Labute approximate surface area is 146 Å². The molecule has 1 unspecified atom stereocenters. The molecule has 1 amide bonds. The zero-order valence-electron chi connectivity index (χ0n) is 12.4. The van der Waals surface area contributed by atoms with Gasteiger partial charge in [0, 0.05) is 10.5 Å². The van der Waals surface area contributed by atoms with Gasteiger partial charge < -0.3 is 5.32 Å². The number of amides is 1. The predicted octanol–water partition coefficient (Wildman–Crippen LogP) is 3.03. The van der Waals surface area contributed by atoms with E-state index in [1.54, 1.807) is 12.1 Å². The van der Waals surface area contributed by atoms with Crippen LogP contribution >= 0.6 is 15.9 Å². The fourth-order valence-corrected chi connectivity index (χ4v) is 3.27. The zero-order valence-corrected chi connectivity index (χ0v) is 14.8. The summed E-state index contributed by atoms with van der Waals surface area (Å²) in [5, 5.41) is 2.21. The van der Waals surface area contributed by atoms with Crippen LogP contribution in [0.15, 0.2) is 51.8 Å². The number of hydrogen-bond donors (Lipinski definition) is 2. The highest BCUT2D eigenvalue weighted by atomic mass is 79.9. The third-order valence-corrected chi connectivity index (χ3v) is 5.12. The van der Waals surface area contributed by atoms with Crippen molar-refractivity contribution in [2.24, 2.45) is 0 Å². The molecule has 0 fully saturated rings. The Morgan fingerprint density at radius 2 is 1.75 bits per heavy atom. The minimum absolute atomic E-state index is 0.0155. The van der Waals surface area contributed by atoms with Crippen LogP contribution in [0.3, 0.4) is 0 Å². The van der Waals surface area contributed by atoms with Gasteiger partial charge in [-0.2, -0.15) is 4.72 Å². The van der Waals surface area contributed by atoms with Crippen LogP contribution in [0.4, 0.5) is 14.5 Å². The van der Waals surface area contributed by atoms with E-state index in [-0.39, 0.29) is 10.6 Å².